The van der Waals surface area contributed by atoms with Crippen LogP contribution < -0.4 is 5.32 Å². The van der Waals surface area contributed by atoms with Gasteiger partial charge in [-0.2, -0.15) is 0 Å². The molecule has 0 aliphatic rings. The first-order chi connectivity index (χ1) is 44.0. The Labute approximate surface area is 564 Å². The highest BCUT2D eigenvalue weighted by molar-refractivity contribution is 7.47. The van der Waals surface area contributed by atoms with Gasteiger partial charge < -0.3 is 19.8 Å². The molecular weight excluding hydrogens is 1130 g/mol. The lowest BCUT2D eigenvalue weighted by molar-refractivity contribution is -0.870. The number of carbonyl (C=O) groups is 1. The van der Waals surface area contributed by atoms with Gasteiger partial charge in [-0.25, -0.2) is 4.57 Å². The summed E-state index contributed by atoms with van der Waals surface area (Å²) in [7, 11) is 1.60. The van der Waals surface area contributed by atoms with E-state index in [1.807, 2.05) is 27.2 Å². The average molecular weight is 1290 g/mol. The molecule has 0 aromatic rings. The molecule has 0 fully saturated rings. The Kier molecular flexibility index (Phi) is 71.9. The standard InChI is InChI=1S/C81H163N2O6P/c1-6-8-10-12-14-16-18-20-22-24-26-28-30-32-34-36-37-38-39-40-41-42-43-44-45-47-49-51-53-55-57-59-61-63-65-67-69-71-73-75-81(85)82-79(78-89-90(86,87)88-77-76-83(3,4)5)80(84)74-72-70-68-66-64-62-60-58-56-54-52-50-48-46-35-33-31-29-27-25-23-21-19-17-15-13-11-9-7-2/h72,74,79-80,84H,6-71,73,75-78H2,1-5H3,(H-,82,85,86,87)/p+1/b74-72+. The first kappa shape index (κ1) is 89.2. The van der Waals surface area contributed by atoms with Crippen LogP contribution in [0.5, 0.6) is 0 Å². The predicted octanol–water partition coefficient (Wildman–Crippen LogP) is 26.8. The monoisotopic (exact) mass is 1290 g/mol. The molecule has 0 saturated carbocycles. The highest BCUT2D eigenvalue weighted by Gasteiger charge is 2.28. The number of unbranched alkanes of at least 4 members (excludes halogenated alkanes) is 65. The minimum Gasteiger partial charge on any atom is -0.387 e. The second-order valence-corrected chi connectivity index (χ2v) is 31.3. The summed E-state index contributed by atoms with van der Waals surface area (Å²) in [5, 5.41) is 14.1. The smallest absolute Gasteiger partial charge is 0.387 e. The number of hydrogen-bond donors (Lipinski definition) is 3. The fraction of sp³-hybridized carbons (Fsp3) is 0.963. The molecular formula is C81H164N2O6P+. The molecule has 3 N–H and O–H groups in total. The number of carbonyl (C=O) groups excluding carboxylic acids is 1. The second-order valence-electron chi connectivity index (χ2n) is 29.9. The quantitative estimate of drug-likeness (QED) is 0.0243. The zero-order valence-corrected chi connectivity index (χ0v) is 62.8. The number of quaternary nitrogens is 1. The fourth-order valence-corrected chi connectivity index (χ4v) is 13.9. The Morgan fingerprint density at radius 3 is 0.822 bits per heavy atom. The number of likely N-dealkylation sites (N-methyl/N-ethyl adjacent to an activating group) is 1. The van der Waals surface area contributed by atoms with Gasteiger partial charge in [-0.05, 0) is 19.3 Å². The van der Waals surface area contributed by atoms with Crippen molar-refractivity contribution in [1.29, 1.82) is 0 Å². The molecule has 8 nitrogen and oxygen atoms in total. The van der Waals surface area contributed by atoms with Gasteiger partial charge >= 0.3 is 7.82 Å². The lowest BCUT2D eigenvalue weighted by Gasteiger charge is -2.25. The van der Waals surface area contributed by atoms with Gasteiger partial charge in [-0.1, -0.05) is 437 Å². The molecule has 0 aliphatic carbocycles. The summed E-state index contributed by atoms with van der Waals surface area (Å²) in [5.74, 6) is -0.165. The molecule has 9 heteroatoms. The van der Waals surface area contributed by atoms with E-state index >= 15 is 0 Å². The lowest BCUT2D eigenvalue weighted by Crippen LogP contribution is -2.45. The Balaban J connectivity index is 3.89. The number of phosphoric ester groups is 1. The molecule has 0 bridgehead atoms. The molecule has 0 aromatic heterocycles. The highest BCUT2D eigenvalue weighted by atomic mass is 31.2. The van der Waals surface area contributed by atoms with Crippen LogP contribution in [-0.2, 0) is 18.4 Å². The van der Waals surface area contributed by atoms with Crippen molar-refractivity contribution in [2.45, 2.75) is 463 Å². The van der Waals surface area contributed by atoms with Gasteiger partial charge in [0.15, 0.2) is 0 Å². The number of phosphoric acid groups is 1. The highest BCUT2D eigenvalue weighted by Crippen LogP contribution is 2.43. The van der Waals surface area contributed by atoms with Crippen molar-refractivity contribution < 1.29 is 32.9 Å². The van der Waals surface area contributed by atoms with Crippen molar-refractivity contribution in [1.82, 2.24) is 5.32 Å². The largest absolute Gasteiger partial charge is 0.472 e. The van der Waals surface area contributed by atoms with E-state index in [1.165, 1.54) is 398 Å². The van der Waals surface area contributed by atoms with Crippen LogP contribution in [0.2, 0.25) is 0 Å². The third kappa shape index (κ3) is 74.6. The Morgan fingerprint density at radius 1 is 0.367 bits per heavy atom. The van der Waals surface area contributed by atoms with Crippen molar-refractivity contribution in [2.75, 3.05) is 40.9 Å². The van der Waals surface area contributed by atoms with Crippen LogP contribution in [0.15, 0.2) is 12.2 Å². The van der Waals surface area contributed by atoms with Crippen LogP contribution in [0.25, 0.3) is 0 Å². The predicted molar refractivity (Wildman–Crippen MR) is 397 cm³/mol. The number of nitrogens with one attached hydrogen (secondary N) is 1. The third-order valence-electron chi connectivity index (χ3n) is 19.5. The molecule has 3 unspecified atom stereocenters. The van der Waals surface area contributed by atoms with E-state index in [1.54, 1.807) is 6.08 Å². The molecule has 0 aromatic carbocycles. The van der Waals surface area contributed by atoms with Crippen molar-refractivity contribution in [3.63, 3.8) is 0 Å². The fourth-order valence-electron chi connectivity index (χ4n) is 13.2. The van der Waals surface area contributed by atoms with Crippen LogP contribution in [0.1, 0.15) is 450 Å². The third-order valence-corrected chi connectivity index (χ3v) is 20.5. The second kappa shape index (κ2) is 72.5. The topological polar surface area (TPSA) is 105 Å². The van der Waals surface area contributed by atoms with Gasteiger partial charge in [-0.3, -0.25) is 13.8 Å². The zero-order valence-electron chi connectivity index (χ0n) is 61.9. The van der Waals surface area contributed by atoms with Crippen molar-refractivity contribution >= 4 is 13.7 Å². The minimum atomic E-state index is -4.35. The number of aliphatic hydroxyl groups excluding tert-OH is 1. The summed E-state index contributed by atoms with van der Waals surface area (Å²) in [4.78, 5) is 23.5. The van der Waals surface area contributed by atoms with E-state index < -0.39 is 20.0 Å². The molecule has 538 valence electrons. The van der Waals surface area contributed by atoms with E-state index in [2.05, 4.69) is 19.2 Å². The van der Waals surface area contributed by atoms with Gasteiger partial charge in [-0.15, -0.1) is 0 Å². The summed E-state index contributed by atoms with van der Waals surface area (Å²) in [6, 6.07) is -0.845. The van der Waals surface area contributed by atoms with Crippen molar-refractivity contribution in [3.8, 4) is 0 Å². The van der Waals surface area contributed by atoms with Gasteiger partial charge in [0.05, 0.1) is 39.9 Å². The van der Waals surface area contributed by atoms with Crippen LogP contribution in [0.4, 0.5) is 0 Å². The van der Waals surface area contributed by atoms with E-state index in [0.29, 0.717) is 17.4 Å². The Morgan fingerprint density at radius 2 is 0.589 bits per heavy atom. The number of amides is 1. The molecule has 0 aliphatic heterocycles. The molecule has 0 rings (SSSR count). The zero-order chi connectivity index (χ0) is 65.5. The summed E-state index contributed by atoms with van der Waals surface area (Å²) in [6.07, 6.45) is 95.7. The normalized spacial score (nSPS) is 13.5. The summed E-state index contributed by atoms with van der Waals surface area (Å²) in [6.45, 7) is 4.90. The number of hydrogen-bond acceptors (Lipinski definition) is 5. The Hall–Kier alpha value is -0.760. The van der Waals surface area contributed by atoms with Gasteiger partial charge in [0.1, 0.15) is 13.2 Å². The minimum absolute atomic E-state index is 0.0657. The molecule has 90 heavy (non-hydrogen) atoms. The Bertz CT molecular complexity index is 1470. The molecule has 1 amide bonds. The first-order valence-corrected chi connectivity index (χ1v) is 42.6. The lowest BCUT2D eigenvalue weighted by atomic mass is 10.0. The number of allylic oxidation sites excluding steroid dienone is 1. The van der Waals surface area contributed by atoms with Crippen LogP contribution in [-0.4, -0.2) is 73.4 Å². The van der Waals surface area contributed by atoms with E-state index in [4.69, 9.17) is 9.05 Å². The number of rotatable bonds is 78. The number of aliphatic hydroxyl groups is 1. The van der Waals surface area contributed by atoms with Gasteiger partial charge in [0.25, 0.3) is 0 Å². The van der Waals surface area contributed by atoms with Crippen LogP contribution in [0, 0.1) is 0 Å². The summed E-state index contributed by atoms with van der Waals surface area (Å²) in [5.41, 5.74) is 0. The van der Waals surface area contributed by atoms with E-state index in [-0.39, 0.29) is 19.1 Å². The summed E-state index contributed by atoms with van der Waals surface area (Å²) < 4.78 is 23.9. The first-order valence-electron chi connectivity index (χ1n) is 41.1. The summed E-state index contributed by atoms with van der Waals surface area (Å²) >= 11 is 0. The maximum absolute atomic E-state index is 13.1. The van der Waals surface area contributed by atoms with E-state index in [0.717, 1.165) is 32.1 Å². The molecule has 0 radical (unpaired) electrons. The maximum atomic E-state index is 13.1. The molecule has 0 heterocycles. The van der Waals surface area contributed by atoms with Gasteiger partial charge in [0.2, 0.25) is 5.91 Å². The maximum Gasteiger partial charge on any atom is 0.472 e. The molecule has 0 saturated heterocycles. The molecule has 0 spiro atoms. The average Bonchev–Trinajstić information content (AvgIpc) is 3.71. The molecule has 3 atom stereocenters. The van der Waals surface area contributed by atoms with Crippen LogP contribution >= 0.6 is 7.82 Å². The number of nitrogens with zero attached hydrogens (tertiary/aromatic N) is 1. The van der Waals surface area contributed by atoms with Crippen LogP contribution in [0.3, 0.4) is 0 Å². The van der Waals surface area contributed by atoms with E-state index in [9.17, 15) is 19.4 Å². The SMILES string of the molecule is CCCCCCCCCCCCCCCCCCCCCCCCCCCCC/C=C/C(O)C(COP(=O)(O)OCC[N+](C)(C)C)NC(=O)CCCCCCCCCCCCCCCCCCCCCCCCCCCCCCCCCCCCCCCCC. The van der Waals surface area contributed by atoms with Crippen molar-refractivity contribution in [3.05, 3.63) is 12.2 Å². The van der Waals surface area contributed by atoms with Gasteiger partial charge in [0, 0.05) is 6.42 Å². The van der Waals surface area contributed by atoms with Crippen molar-refractivity contribution in [2.24, 2.45) is 0 Å².